The van der Waals surface area contributed by atoms with Crippen LogP contribution in [0.15, 0.2) is 12.2 Å². The van der Waals surface area contributed by atoms with Gasteiger partial charge in [-0.15, -0.1) is 0 Å². The lowest BCUT2D eigenvalue weighted by Gasteiger charge is -2.28. The minimum absolute atomic E-state index is 0.0933. The third kappa shape index (κ3) is 2.49. The Labute approximate surface area is 113 Å². The van der Waals surface area contributed by atoms with Crippen LogP contribution >= 0.6 is 0 Å². The van der Waals surface area contributed by atoms with Gasteiger partial charge in [0, 0.05) is 5.57 Å². The molecule has 0 radical (unpaired) electrons. The number of hydrogen-bond donors (Lipinski definition) is 0. The van der Waals surface area contributed by atoms with Crippen LogP contribution in [0.5, 0.6) is 0 Å². The number of fused-ring (bicyclic) bond motifs is 2. The molecule has 2 aliphatic carbocycles. The van der Waals surface area contributed by atoms with Gasteiger partial charge in [-0.05, 0) is 43.9 Å². The number of rotatable bonds is 4. The summed E-state index contributed by atoms with van der Waals surface area (Å²) in [5.74, 6) is 0.506. The molecule has 2 aliphatic rings. The number of esters is 1. The lowest BCUT2D eigenvalue weighted by atomic mass is 9.74. The van der Waals surface area contributed by atoms with E-state index in [1.54, 1.807) is 6.92 Å². The van der Waals surface area contributed by atoms with Gasteiger partial charge >= 0.3 is 5.97 Å². The average molecular weight is 258 g/mol. The third-order valence-electron chi connectivity index (χ3n) is 4.51. The zero-order valence-corrected chi connectivity index (χ0v) is 11.1. The predicted octanol–water partition coefficient (Wildman–Crippen LogP) is 2.43. The molecule has 4 heteroatoms. The highest BCUT2D eigenvalue weighted by atomic mass is 16.5. The Morgan fingerprint density at radius 3 is 2.58 bits per heavy atom. The molecule has 0 heterocycles. The maximum Gasteiger partial charge on any atom is 0.333 e. The first kappa shape index (κ1) is 13.6. The summed E-state index contributed by atoms with van der Waals surface area (Å²) in [6, 6.07) is 4.59. The van der Waals surface area contributed by atoms with Gasteiger partial charge in [0.2, 0.25) is 0 Å². The summed E-state index contributed by atoms with van der Waals surface area (Å²) in [4.78, 5) is 11.3. The summed E-state index contributed by atoms with van der Waals surface area (Å²) < 4.78 is 5.11. The van der Waals surface area contributed by atoms with Gasteiger partial charge in [-0.25, -0.2) is 4.79 Å². The lowest BCUT2D eigenvalue weighted by Crippen LogP contribution is -2.27. The van der Waals surface area contributed by atoms with E-state index < -0.39 is 0 Å². The van der Waals surface area contributed by atoms with Crippen LogP contribution in [0.1, 0.15) is 26.2 Å². The smallest absolute Gasteiger partial charge is 0.333 e. The average Bonchev–Trinajstić information content (AvgIpc) is 2.94. The summed E-state index contributed by atoms with van der Waals surface area (Å²) in [6.07, 6.45) is 2.76. The van der Waals surface area contributed by atoms with Crippen LogP contribution in [0.25, 0.3) is 0 Å². The minimum Gasteiger partial charge on any atom is -0.462 e. The van der Waals surface area contributed by atoms with Crippen LogP contribution in [-0.4, -0.2) is 12.6 Å². The molecule has 5 atom stereocenters. The van der Waals surface area contributed by atoms with Gasteiger partial charge in [-0.1, -0.05) is 6.58 Å². The topological polar surface area (TPSA) is 73.9 Å². The number of nitriles is 2. The number of hydrogen-bond acceptors (Lipinski definition) is 4. The molecule has 2 fully saturated rings. The van der Waals surface area contributed by atoms with E-state index in [4.69, 9.17) is 10.00 Å². The van der Waals surface area contributed by atoms with E-state index in [9.17, 15) is 10.1 Å². The number of carbonyl (C=O) groups excluding carboxylic acids is 1. The highest BCUT2D eigenvalue weighted by Gasteiger charge is 2.52. The van der Waals surface area contributed by atoms with Crippen LogP contribution in [0.4, 0.5) is 0 Å². The molecule has 0 aliphatic heterocycles. The molecule has 0 N–H and O–H groups in total. The van der Waals surface area contributed by atoms with E-state index in [2.05, 4.69) is 18.7 Å². The van der Waals surface area contributed by atoms with Gasteiger partial charge in [0.25, 0.3) is 0 Å². The molecule has 100 valence electrons. The molecule has 4 nitrogen and oxygen atoms in total. The molecule has 0 amide bonds. The Balaban J connectivity index is 1.86. The number of nitrogens with zero attached hydrogens (tertiary/aromatic N) is 2. The number of ether oxygens (including phenoxy) is 1. The Hall–Kier alpha value is -1.81. The molecule has 0 saturated heterocycles. The molecular weight excluding hydrogens is 240 g/mol. The van der Waals surface area contributed by atoms with E-state index in [0.29, 0.717) is 29.9 Å². The maximum atomic E-state index is 11.3. The van der Waals surface area contributed by atoms with Crippen LogP contribution in [0.2, 0.25) is 0 Å². The van der Waals surface area contributed by atoms with Crippen molar-refractivity contribution in [1.82, 2.24) is 0 Å². The summed E-state index contributed by atoms with van der Waals surface area (Å²) >= 11 is 0. The van der Waals surface area contributed by atoms with Gasteiger partial charge in [-0.3, -0.25) is 0 Å². The molecule has 0 aromatic heterocycles. The fraction of sp³-hybridized carbons (Fsp3) is 0.667. The van der Waals surface area contributed by atoms with Crippen LogP contribution in [-0.2, 0) is 9.53 Å². The first-order chi connectivity index (χ1) is 9.08. The van der Waals surface area contributed by atoms with Gasteiger partial charge in [-0.2, -0.15) is 10.5 Å². The van der Waals surface area contributed by atoms with Crippen LogP contribution in [0, 0.1) is 52.3 Å². The Morgan fingerprint density at radius 1 is 1.32 bits per heavy atom. The summed E-state index contributed by atoms with van der Waals surface area (Å²) in [7, 11) is 0. The third-order valence-corrected chi connectivity index (χ3v) is 4.51. The lowest BCUT2D eigenvalue weighted by molar-refractivity contribution is -0.139. The quantitative estimate of drug-likeness (QED) is 0.573. The van der Waals surface area contributed by atoms with E-state index in [0.717, 1.165) is 19.3 Å². The predicted molar refractivity (Wildman–Crippen MR) is 68.3 cm³/mol. The highest BCUT2D eigenvalue weighted by molar-refractivity contribution is 5.86. The number of carbonyl (C=O) groups is 1. The van der Waals surface area contributed by atoms with Crippen molar-refractivity contribution in [2.24, 2.45) is 29.6 Å². The minimum atomic E-state index is -0.352. The highest BCUT2D eigenvalue weighted by Crippen LogP contribution is 2.55. The molecule has 5 unspecified atom stereocenters. The van der Waals surface area contributed by atoms with Gasteiger partial charge in [0.05, 0.1) is 30.6 Å². The largest absolute Gasteiger partial charge is 0.462 e. The molecule has 0 aromatic rings. The van der Waals surface area contributed by atoms with E-state index in [-0.39, 0.29) is 17.8 Å². The van der Waals surface area contributed by atoms with Crippen molar-refractivity contribution < 1.29 is 9.53 Å². The molecule has 0 spiro atoms. The van der Waals surface area contributed by atoms with Crippen molar-refractivity contribution in [2.45, 2.75) is 26.2 Å². The standard InChI is InChI=1S/C15H18N2O2/c1-9(2)15(18)19-4-3-10-5-11-6-12(10)14(8-17)13(11)7-16/h10-14H,1,3-6H2,2H3. The summed E-state index contributed by atoms with van der Waals surface area (Å²) in [5, 5.41) is 18.3. The van der Waals surface area contributed by atoms with Gasteiger partial charge < -0.3 is 4.74 Å². The van der Waals surface area contributed by atoms with Crippen molar-refractivity contribution in [3.05, 3.63) is 12.2 Å². The second kappa shape index (κ2) is 5.45. The Morgan fingerprint density at radius 2 is 2.00 bits per heavy atom. The van der Waals surface area contributed by atoms with Crippen molar-refractivity contribution >= 4 is 5.97 Å². The van der Waals surface area contributed by atoms with E-state index in [1.165, 1.54) is 0 Å². The first-order valence-corrected chi connectivity index (χ1v) is 6.70. The summed E-state index contributed by atoms with van der Waals surface area (Å²) in [5.41, 5.74) is 0.410. The first-order valence-electron chi connectivity index (χ1n) is 6.70. The zero-order valence-electron chi connectivity index (χ0n) is 11.1. The van der Waals surface area contributed by atoms with Crippen molar-refractivity contribution in [2.75, 3.05) is 6.61 Å². The Kier molecular flexibility index (Phi) is 3.90. The normalized spacial score (nSPS) is 35.4. The molecule has 2 rings (SSSR count). The SMILES string of the molecule is C=C(C)C(=O)OCCC1CC2CC1C(C#N)C2C#N. The molecule has 2 saturated carbocycles. The van der Waals surface area contributed by atoms with E-state index in [1.807, 2.05) is 0 Å². The fourth-order valence-corrected chi connectivity index (χ4v) is 3.61. The zero-order chi connectivity index (χ0) is 14.0. The van der Waals surface area contributed by atoms with Crippen molar-refractivity contribution in [3.63, 3.8) is 0 Å². The molecule has 19 heavy (non-hydrogen) atoms. The van der Waals surface area contributed by atoms with Gasteiger partial charge in [0.15, 0.2) is 0 Å². The molecule has 0 aromatic carbocycles. The maximum absolute atomic E-state index is 11.3. The fourth-order valence-electron chi connectivity index (χ4n) is 3.61. The summed E-state index contributed by atoms with van der Waals surface area (Å²) in [6.45, 7) is 5.55. The Bertz CT molecular complexity index is 472. The van der Waals surface area contributed by atoms with Crippen molar-refractivity contribution in [3.8, 4) is 12.1 Å². The van der Waals surface area contributed by atoms with E-state index >= 15 is 0 Å². The molecule has 2 bridgehead atoms. The van der Waals surface area contributed by atoms with Crippen molar-refractivity contribution in [1.29, 1.82) is 10.5 Å². The van der Waals surface area contributed by atoms with Crippen LogP contribution < -0.4 is 0 Å². The van der Waals surface area contributed by atoms with Crippen LogP contribution in [0.3, 0.4) is 0 Å². The second-order valence-corrected chi connectivity index (χ2v) is 5.67. The monoisotopic (exact) mass is 258 g/mol. The second-order valence-electron chi connectivity index (χ2n) is 5.67. The molecular formula is C15H18N2O2. The van der Waals surface area contributed by atoms with Gasteiger partial charge in [0.1, 0.15) is 0 Å².